The SMILES string of the molecule is Cc1cc(F)ccc1C=NOCC(=O)O. The van der Waals surface area contributed by atoms with Crippen LogP contribution in [0.1, 0.15) is 11.1 Å². The topological polar surface area (TPSA) is 58.9 Å². The van der Waals surface area contributed by atoms with E-state index in [2.05, 4.69) is 9.99 Å². The third kappa shape index (κ3) is 3.76. The van der Waals surface area contributed by atoms with Crippen LogP contribution in [0.2, 0.25) is 0 Å². The van der Waals surface area contributed by atoms with Crippen molar-refractivity contribution in [2.75, 3.05) is 6.61 Å². The molecule has 0 aliphatic carbocycles. The molecule has 0 unspecified atom stereocenters. The van der Waals surface area contributed by atoms with Crippen molar-refractivity contribution in [1.29, 1.82) is 0 Å². The Bertz CT molecular complexity index is 390. The van der Waals surface area contributed by atoms with Gasteiger partial charge in [0.2, 0.25) is 6.61 Å². The van der Waals surface area contributed by atoms with Crippen LogP contribution in [0.15, 0.2) is 23.4 Å². The normalized spacial score (nSPS) is 10.5. The minimum Gasteiger partial charge on any atom is -0.479 e. The van der Waals surface area contributed by atoms with Crippen LogP contribution in [-0.2, 0) is 9.63 Å². The van der Waals surface area contributed by atoms with E-state index >= 15 is 0 Å². The zero-order valence-corrected chi connectivity index (χ0v) is 8.11. The zero-order valence-electron chi connectivity index (χ0n) is 8.11. The minimum absolute atomic E-state index is 0.323. The summed E-state index contributed by atoms with van der Waals surface area (Å²) >= 11 is 0. The molecule has 0 spiro atoms. The molecule has 1 rings (SSSR count). The summed E-state index contributed by atoms with van der Waals surface area (Å²) in [4.78, 5) is 14.5. The van der Waals surface area contributed by atoms with E-state index in [-0.39, 0.29) is 5.82 Å². The fraction of sp³-hybridized carbons (Fsp3) is 0.200. The van der Waals surface area contributed by atoms with E-state index in [4.69, 9.17) is 5.11 Å². The second-order valence-corrected chi connectivity index (χ2v) is 2.90. The number of hydrogen-bond donors (Lipinski definition) is 1. The minimum atomic E-state index is -1.09. The van der Waals surface area contributed by atoms with E-state index in [1.54, 1.807) is 6.92 Å². The number of aliphatic carboxylic acids is 1. The maximum Gasteiger partial charge on any atom is 0.344 e. The number of carboxylic acids is 1. The molecule has 0 aromatic heterocycles. The second kappa shape index (κ2) is 5.09. The van der Waals surface area contributed by atoms with Gasteiger partial charge >= 0.3 is 5.97 Å². The van der Waals surface area contributed by atoms with Crippen LogP contribution in [0, 0.1) is 12.7 Å². The lowest BCUT2D eigenvalue weighted by molar-refractivity contribution is -0.142. The van der Waals surface area contributed by atoms with Gasteiger partial charge < -0.3 is 9.94 Å². The van der Waals surface area contributed by atoms with Crippen LogP contribution >= 0.6 is 0 Å². The highest BCUT2D eigenvalue weighted by Crippen LogP contribution is 2.07. The number of carbonyl (C=O) groups is 1. The third-order valence-electron chi connectivity index (χ3n) is 1.69. The lowest BCUT2D eigenvalue weighted by Crippen LogP contribution is -2.03. The molecule has 0 amide bonds. The van der Waals surface area contributed by atoms with Gasteiger partial charge in [0, 0.05) is 0 Å². The predicted octanol–water partition coefficient (Wildman–Crippen LogP) is 1.57. The molecule has 80 valence electrons. The summed E-state index contributed by atoms with van der Waals surface area (Å²) in [5.41, 5.74) is 1.39. The molecule has 0 heterocycles. The summed E-state index contributed by atoms with van der Waals surface area (Å²) in [6.07, 6.45) is 1.34. The molecule has 0 bridgehead atoms. The van der Waals surface area contributed by atoms with Crippen LogP contribution in [0.4, 0.5) is 4.39 Å². The quantitative estimate of drug-likeness (QED) is 0.607. The molecular weight excluding hydrogens is 201 g/mol. The molecular formula is C10H10FNO3. The van der Waals surface area contributed by atoms with E-state index in [1.165, 1.54) is 24.4 Å². The van der Waals surface area contributed by atoms with Crippen molar-refractivity contribution in [2.45, 2.75) is 6.92 Å². The first kappa shape index (κ1) is 11.2. The fourth-order valence-corrected chi connectivity index (χ4v) is 0.970. The van der Waals surface area contributed by atoms with Crippen molar-refractivity contribution in [1.82, 2.24) is 0 Å². The number of rotatable bonds is 4. The summed E-state index contributed by atoms with van der Waals surface area (Å²) < 4.78 is 12.7. The zero-order chi connectivity index (χ0) is 11.3. The maximum atomic E-state index is 12.7. The largest absolute Gasteiger partial charge is 0.479 e. The lowest BCUT2D eigenvalue weighted by atomic mass is 10.1. The molecule has 15 heavy (non-hydrogen) atoms. The summed E-state index contributed by atoms with van der Waals surface area (Å²) in [6, 6.07) is 4.20. The van der Waals surface area contributed by atoms with Crippen molar-refractivity contribution in [3.05, 3.63) is 35.1 Å². The first-order chi connectivity index (χ1) is 7.09. The Morgan fingerprint density at radius 3 is 3.00 bits per heavy atom. The van der Waals surface area contributed by atoms with E-state index in [0.29, 0.717) is 11.1 Å². The van der Waals surface area contributed by atoms with E-state index < -0.39 is 12.6 Å². The molecule has 5 heteroatoms. The van der Waals surface area contributed by atoms with Crippen molar-refractivity contribution in [3.8, 4) is 0 Å². The first-order valence-corrected chi connectivity index (χ1v) is 4.23. The van der Waals surface area contributed by atoms with Crippen LogP contribution in [0.25, 0.3) is 0 Å². The van der Waals surface area contributed by atoms with E-state index in [1.807, 2.05) is 0 Å². The van der Waals surface area contributed by atoms with Gasteiger partial charge in [-0.3, -0.25) is 0 Å². The molecule has 0 fully saturated rings. The monoisotopic (exact) mass is 211 g/mol. The number of halogens is 1. The van der Waals surface area contributed by atoms with Crippen molar-refractivity contribution >= 4 is 12.2 Å². The Balaban J connectivity index is 2.60. The Kier molecular flexibility index (Phi) is 3.79. The summed E-state index contributed by atoms with van der Waals surface area (Å²) in [6.45, 7) is 1.23. The molecule has 0 saturated carbocycles. The van der Waals surface area contributed by atoms with E-state index in [9.17, 15) is 9.18 Å². The molecule has 0 atom stereocenters. The third-order valence-corrected chi connectivity index (χ3v) is 1.69. The Morgan fingerprint density at radius 2 is 2.40 bits per heavy atom. The summed E-state index contributed by atoms with van der Waals surface area (Å²) in [7, 11) is 0. The highest BCUT2D eigenvalue weighted by atomic mass is 19.1. The van der Waals surface area contributed by atoms with Gasteiger partial charge in [-0.15, -0.1) is 0 Å². The first-order valence-electron chi connectivity index (χ1n) is 4.23. The molecule has 0 radical (unpaired) electrons. The van der Waals surface area contributed by atoms with Crippen LogP contribution < -0.4 is 0 Å². The second-order valence-electron chi connectivity index (χ2n) is 2.90. The molecule has 0 saturated heterocycles. The Morgan fingerprint density at radius 1 is 1.67 bits per heavy atom. The highest BCUT2D eigenvalue weighted by molar-refractivity contribution is 5.81. The van der Waals surface area contributed by atoms with Crippen LogP contribution in [0.3, 0.4) is 0 Å². The molecule has 0 aliphatic rings. The van der Waals surface area contributed by atoms with Gasteiger partial charge in [-0.25, -0.2) is 9.18 Å². The summed E-state index contributed by atoms with van der Waals surface area (Å²) in [5, 5.41) is 11.7. The van der Waals surface area contributed by atoms with Gasteiger partial charge in [0.05, 0.1) is 6.21 Å². The van der Waals surface area contributed by atoms with Crippen molar-refractivity contribution in [3.63, 3.8) is 0 Å². The van der Waals surface area contributed by atoms with Gasteiger partial charge in [-0.1, -0.05) is 11.2 Å². The smallest absolute Gasteiger partial charge is 0.344 e. The average molecular weight is 211 g/mol. The Labute approximate surface area is 86.0 Å². The predicted molar refractivity (Wildman–Crippen MR) is 52.3 cm³/mol. The van der Waals surface area contributed by atoms with Crippen LogP contribution in [0.5, 0.6) is 0 Å². The number of aryl methyl sites for hydroxylation is 1. The number of nitrogens with zero attached hydrogens (tertiary/aromatic N) is 1. The van der Waals surface area contributed by atoms with Crippen LogP contribution in [-0.4, -0.2) is 23.9 Å². The van der Waals surface area contributed by atoms with Gasteiger partial charge in [0.1, 0.15) is 5.82 Å². The van der Waals surface area contributed by atoms with E-state index in [0.717, 1.165) is 0 Å². The van der Waals surface area contributed by atoms with Crippen molar-refractivity contribution < 1.29 is 19.1 Å². The number of carboxylic acid groups (broad SMARTS) is 1. The number of hydrogen-bond acceptors (Lipinski definition) is 3. The number of oxime groups is 1. The molecule has 0 aliphatic heterocycles. The molecule has 1 aromatic carbocycles. The van der Waals surface area contributed by atoms with Gasteiger partial charge in [0.25, 0.3) is 0 Å². The lowest BCUT2D eigenvalue weighted by Gasteiger charge is -1.98. The molecule has 1 N–H and O–H groups in total. The average Bonchev–Trinajstić information content (AvgIpc) is 2.14. The maximum absolute atomic E-state index is 12.7. The van der Waals surface area contributed by atoms with Crippen molar-refractivity contribution in [2.24, 2.45) is 5.16 Å². The molecule has 4 nitrogen and oxygen atoms in total. The summed E-state index contributed by atoms with van der Waals surface area (Å²) in [5.74, 6) is -1.42. The Hall–Kier alpha value is -1.91. The molecule has 1 aromatic rings. The number of benzene rings is 1. The van der Waals surface area contributed by atoms with Gasteiger partial charge in [0.15, 0.2) is 0 Å². The highest BCUT2D eigenvalue weighted by Gasteiger charge is 1.97. The fourth-order valence-electron chi connectivity index (χ4n) is 0.970. The van der Waals surface area contributed by atoms with Gasteiger partial charge in [-0.05, 0) is 30.2 Å². The standard InChI is InChI=1S/C10H10FNO3/c1-7-4-9(11)3-2-8(7)5-12-15-6-10(13)14/h2-5H,6H2,1H3,(H,13,14). The van der Waals surface area contributed by atoms with Gasteiger partial charge in [-0.2, -0.15) is 0 Å².